The third kappa shape index (κ3) is 7.64. The second-order valence-electron chi connectivity index (χ2n) is 13.9. The number of carbonyl (C=O) groups is 2. The summed E-state index contributed by atoms with van der Waals surface area (Å²) < 4.78 is 12.2. The van der Waals surface area contributed by atoms with E-state index < -0.39 is 5.60 Å². The van der Waals surface area contributed by atoms with E-state index in [1.807, 2.05) is 76.2 Å². The van der Waals surface area contributed by atoms with E-state index in [2.05, 4.69) is 27.5 Å². The first-order valence-corrected chi connectivity index (χ1v) is 16.6. The van der Waals surface area contributed by atoms with E-state index in [9.17, 15) is 9.59 Å². The number of ether oxygens (including phenoxy) is 2. The molecule has 10 nitrogen and oxygen atoms in total. The lowest BCUT2D eigenvalue weighted by atomic mass is 10.0. The van der Waals surface area contributed by atoms with Crippen LogP contribution in [-0.2, 0) is 9.53 Å². The van der Waals surface area contributed by atoms with Crippen LogP contribution >= 0.6 is 0 Å². The van der Waals surface area contributed by atoms with E-state index in [-0.39, 0.29) is 24.0 Å². The minimum atomic E-state index is -0.547. The van der Waals surface area contributed by atoms with Gasteiger partial charge in [-0.3, -0.25) is 4.79 Å². The number of anilines is 2. The summed E-state index contributed by atoms with van der Waals surface area (Å²) in [5.41, 5.74) is 2.54. The zero-order valence-electron chi connectivity index (χ0n) is 27.9. The van der Waals surface area contributed by atoms with Crippen LogP contribution in [0.4, 0.5) is 16.4 Å². The van der Waals surface area contributed by atoms with Gasteiger partial charge in [0, 0.05) is 53.9 Å². The average Bonchev–Trinajstić information content (AvgIpc) is 3.48. The van der Waals surface area contributed by atoms with Crippen molar-refractivity contribution in [3.63, 3.8) is 0 Å². The number of hydrogen-bond donors (Lipinski definition) is 2. The van der Waals surface area contributed by atoms with Crippen molar-refractivity contribution in [1.82, 2.24) is 19.9 Å². The number of nitrogens with zero attached hydrogens (tertiary/aromatic N) is 4. The first kappa shape index (κ1) is 32.2. The first-order chi connectivity index (χ1) is 22.5. The molecule has 1 aliphatic carbocycles. The molecule has 3 heterocycles. The van der Waals surface area contributed by atoms with Gasteiger partial charge in [0.1, 0.15) is 11.4 Å². The molecule has 1 aliphatic heterocycles. The van der Waals surface area contributed by atoms with Crippen LogP contribution < -0.4 is 15.4 Å². The van der Waals surface area contributed by atoms with Crippen LogP contribution in [0.25, 0.3) is 22.0 Å². The number of carbonyl (C=O) groups excluding carboxylic acids is 2. The predicted molar refractivity (Wildman–Crippen MR) is 184 cm³/mol. The van der Waals surface area contributed by atoms with E-state index in [0.29, 0.717) is 47.8 Å². The van der Waals surface area contributed by atoms with Crippen LogP contribution in [0.3, 0.4) is 0 Å². The van der Waals surface area contributed by atoms with Crippen LogP contribution in [0.5, 0.6) is 11.6 Å². The molecule has 0 bridgehead atoms. The molecule has 10 heteroatoms. The Balaban J connectivity index is 1.22. The third-order valence-electron chi connectivity index (χ3n) is 8.84. The van der Waals surface area contributed by atoms with Crippen LogP contribution in [0.2, 0.25) is 0 Å². The summed E-state index contributed by atoms with van der Waals surface area (Å²) in [5.74, 6) is 2.26. The fourth-order valence-electron chi connectivity index (χ4n) is 6.48. The van der Waals surface area contributed by atoms with Gasteiger partial charge in [-0.15, -0.1) is 0 Å². The number of fused-ring (bicyclic) bond motifs is 1. The molecular weight excluding hydrogens is 592 g/mol. The van der Waals surface area contributed by atoms with E-state index >= 15 is 0 Å². The Labute approximate surface area is 276 Å². The van der Waals surface area contributed by atoms with Crippen molar-refractivity contribution in [2.24, 2.45) is 11.8 Å². The van der Waals surface area contributed by atoms with Crippen molar-refractivity contribution >= 4 is 34.4 Å². The molecule has 0 radical (unpaired) electrons. The zero-order chi connectivity index (χ0) is 33.1. The average molecular weight is 637 g/mol. The smallest absolute Gasteiger partial charge is 0.410 e. The van der Waals surface area contributed by atoms with Gasteiger partial charge in [0.05, 0.1) is 11.3 Å². The Kier molecular flexibility index (Phi) is 9.29. The molecule has 1 saturated carbocycles. The summed E-state index contributed by atoms with van der Waals surface area (Å²) in [6.07, 6.45) is 7.78. The number of likely N-dealkylation sites (tertiary alicyclic amines) is 1. The van der Waals surface area contributed by atoms with E-state index in [0.717, 1.165) is 54.1 Å². The highest BCUT2D eigenvalue weighted by Gasteiger charge is 2.29. The van der Waals surface area contributed by atoms with Crippen LogP contribution in [0, 0.1) is 18.8 Å². The Hall–Kier alpha value is -4.73. The zero-order valence-corrected chi connectivity index (χ0v) is 27.9. The standard InChI is InChI=1S/C37H44N6O4/c1-23-13-15-25(21-23)33(44)41-30-12-6-10-28-27(30)16-14-24(2)32(28)46-34-29(11-7-18-38-34)31-17-19-39-35(42-31)40-26-9-8-20-43(22-26)36(45)47-37(3,4)5/h6-7,10-12,14,16-19,23,25-26H,8-9,13,15,20-22H2,1-5H3,(H,41,44)(H,39,40,42)/t23?,25-,26-/m0/s1. The van der Waals surface area contributed by atoms with Crippen molar-refractivity contribution in [2.45, 2.75) is 78.4 Å². The summed E-state index contributed by atoms with van der Waals surface area (Å²) in [4.78, 5) is 41.4. The number of piperidine rings is 1. The van der Waals surface area contributed by atoms with Gasteiger partial charge >= 0.3 is 6.09 Å². The number of hydrogen-bond acceptors (Lipinski definition) is 8. The maximum atomic E-state index is 13.1. The van der Waals surface area contributed by atoms with Gasteiger partial charge in [-0.05, 0) is 95.5 Å². The molecule has 1 saturated heterocycles. The molecule has 3 atom stereocenters. The topological polar surface area (TPSA) is 119 Å². The molecule has 2 aliphatic rings. The summed E-state index contributed by atoms with van der Waals surface area (Å²) in [6.45, 7) is 11.0. The number of benzene rings is 2. The van der Waals surface area contributed by atoms with Gasteiger partial charge < -0.3 is 25.0 Å². The minimum Gasteiger partial charge on any atom is -0.444 e. The molecule has 2 N–H and O–H groups in total. The van der Waals surface area contributed by atoms with Gasteiger partial charge in [0.25, 0.3) is 0 Å². The molecule has 2 aromatic carbocycles. The quantitative estimate of drug-likeness (QED) is 0.210. The molecule has 4 aromatic rings. The second kappa shape index (κ2) is 13.6. The second-order valence-corrected chi connectivity index (χ2v) is 13.9. The maximum Gasteiger partial charge on any atom is 0.410 e. The highest BCUT2D eigenvalue weighted by Crippen LogP contribution is 2.39. The van der Waals surface area contributed by atoms with Crippen LogP contribution in [0.1, 0.15) is 65.4 Å². The highest BCUT2D eigenvalue weighted by atomic mass is 16.6. The minimum absolute atomic E-state index is 0.0128. The Morgan fingerprint density at radius 1 is 0.957 bits per heavy atom. The Morgan fingerprint density at radius 3 is 2.60 bits per heavy atom. The molecule has 47 heavy (non-hydrogen) atoms. The summed E-state index contributed by atoms with van der Waals surface area (Å²) >= 11 is 0. The summed E-state index contributed by atoms with van der Waals surface area (Å²) in [5, 5.41) is 8.40. The summed E-state index contributed by atoms with van der Waals surface area (Å²) in [7, 11) is 0. The number of rotatable bonds is 7. The fourth-order valence-corrected chi connectivity index (χ4v) is 6.48. The Morgan fingerprint density at radius 2 is 1.81 bits per heavy atom. The maximum absolute atomic E-state index is 13.1. The lowest BCUT2D eigenvalue weighted by molar-refractivity contribution is -0.119. The van der Waals surface area contributed by atoms with Gasteiger partial charge in [0.2, 0.25) is 17.7 Å². The Bertz CT molecular complexity index is 1770. The fraction of sp³-hybridized carbons (Fsp3) is 0.432. The van der Waals surface area contributed by atoms with Gasteiger partial charge in [-0.25, -0.2) is 19.7 Å². The molecule has 2 amide bonds. The van der Waals surface area contributed by atoms with Crippen molar-refractivity contribution in [3.8, 4) is 22.9 Å². The predicted octanol–water partition coefficient (Wildman–Crippen LogP) is 7.98. The lowest BCUT2D eigenvalue weighted by Crippen LogP contribution is -2.47. The SMILES string of the molecule is Cc1ccc2c(NC(=O)[C@H]3CCC(C)C3)cccc2c1Oc1ncccc1-c1ccnc(N[C@H]2CCCN(C(=O)OC(C)(C)C)C2)n1. The van der Waals surface area contributed by atoms with Crippen molar-refractivity contribution in [3.05, 3.63) is 66.5 Å². The molecule has 246 valence electrons. The third-order valence-corrected chi connectivity index (χ3v) is 8.84. The van der Waals surface area contributed by atoms with Crippen molar-refractivity contribution in [2.75, 3.05) is 23.7 Å². The monoisotopic (exact) mass is 636 g/mol. The molecule has 1 unspecified atom stereocenters. The largest absolute Gasteiger partial charge is 0.444 e. The van der Waals surface area contributed by atoms with Gasteiger partial charge in [0.15, 0.2) is 0 Å². The molecule has 2 fully saturated rings. The van der Waals surface area contributed by atoms with Crippen LogP contribution in [-0.4, -0.2) is 56.6 Å². The normalized spacial score (nSPS) is 19.8. The van der Waals surface area contributed by atoms with E-state index in [1.54, 1.807) is 17.3 Å². The molecule has 6 rings (SSSR count). The van der Waals surface area contributed by atoms with E-state index in [1.165, 1.54) is 0 Å². The molecule has 0 spiro atoms. The highest BCUT2D eigenvalue weighted by molar-refractivity contribution is 6.05. The first-order valence-electron chi connectivity index (χ1n) is 16.6. The number of nitrogens with one attached hydrogen (secondary N) is 2. The van der Waals surface area contributed by atoms with Gasteiger partial charge in [-0.2, -0.15) is 0 Å². The molecule has 2 aromatic heterocycles. The number of pyridine rings is 1. The number of amides is 2. The van der Waals surface area contributed by atoms with Gasteiger partial charge in [-0.1, -0.05) is 31.2 Å². The molecular formula is C37H44N6O4. The lowest BCUT2D eigenvalue weighted by Gasteiger charge is -2.34. The van der Waals surface area contributed by atoms with Crippen molar-refractivity contribution < 1.29 is 19.1 Å². The number of aromatic nitrogens is 3. The summed E-state index contributed by atoms with van der Waals surface area (Å²) in [6, 6.07) is 15.5. The van der Waals surface area contributed by atoms with E-state index in [4.69, 9.17) is 14.5 Å². The number of aryl methyl sites for hydroxylation is 1. The van der Waals surface area contributed by atoms with Crippen LogP contribution in [0.15, 0.2) is 60.9 Å². The van der Waals surface area contributed by atoms with Crippen molar-refractivity contribution in [1.29, 1.82) is 0 Å².